The van der Waals surface area contributed by atoms with Crippen LogP contribution in [0.25, 0.3) is 0 Å². The highest BCUT2D eigenvalue weighted by Crippen LogP contribution is 2.25. The zero-order valence-electron chi connectivity index (χ0n) is 14.9. The molecule has 2 rings (SSSR count). The minimum absolute atomic E-state index is 0. The SMILES string of the molecule is CCNC(=NCCC1CCOCC1)N1CCSC(C(C)C)C1.I. The molecule has 136 valence electrons. The predicted octanol–water partition coefficient (Wildman–Crippen LogP) is 3.46. The molecule has 4 nitrogen and oxygen atoms in total. The van der Waals surface area contributed by atoms with Crippen molar-refractivity contribution in [1.29, 1.82) is 0 Å². The van der Waals surface area contributed by atoms with E-state index in [-0.39, 0.29) is 24.0 Å². The highest BCUT2D eigenvalue weighted by atomic mass is 127. The van der Waals surface area contributed by atoms with Crippen molar-refractivity contribution in [3.05, 3.63) is 0 Å². The number of nitrogens with one attached hydrogen (secondary N) is 1. The monoisotopic (exact) mass is 455 g/mol. The minimum atomic E-state index is 0. The molecule has 0 aromatic rings. The van der Waals surface area contributed by atoms with Gasteiger partial charge in [-0.1, -0.05) is 13.8 Å². The first-order valence-corrected chi connectivity index (χ1v) is 9.98. The van der Waals surface area contributed by atoms with Gasteiger partial charge in [0.1, 0.15) is 0 Å². The number of ether oxygens (including phenoxy) is 1. The summed E-state index contributed by atoms with van der Waals surface area (Å²) in [5.74, 6) is 3.88. The van der Waals surface area contributed by atoms with Gasteiger partial charge in [-0.3, -0.25) is 4.99 Å². The molecule has 2 aliphatic rings. The molecule has 1 atom stereocenters. The standard InChI is InChI=1S/C17H33N3OS.HI/c1-4-18-17(19-8-5-15-6-10-21-11-7-15)20-9-12-22-16(13-20)14(2)3;/h14-16H,4-13H2,1-3H3,(H,18,19);1H. The van der Waals surface area contributed by atoms with Crippen LogP contribution < -0.4 is 5.32 Å². The van der Waals surface area contributed by atoms with E-state index in [1.165, 1.54) is 25.0 Å². The number of hydrogen-bond acceptors (Lipinski definition) is 3. The summed E-state index contributed by atoms with van der Waals surface area (Å²) in [6.45, 7) is 12.8. The molecule has 0 spiro atoms. The van der Waals surface area contributed by atoms with E-state index >= 15 is 0 Å². The lowest BCUT2D eigenvalue weighted by molar-refractivity contribution is 0.0646. The second-order valence-corrected chi connectivity index (χ2v) is 8.03. The first-order chi connectivity index (χ1) is 10.7. The van der Waals surface area contributed by atoms with Crippen molar-refractivity contribution in [2.75, 3.05) is 45.1 Å². The third-order valence-electron chi connectivity index (χ3n) is 4.61. The van der Waals surface area contributed by atoms with E-state index in [1.54, 1.807) is 0 Å². The maximum absolute atomic E-state index is 5.44. The Bertz CT molecular complexity index is 349. The number of aliphatic imine (C=N–C) groups is 1. The number of rotatable bonds is 5. The molecular weight excluding hydrogens is 421 g/mol. The molecule has 0 aromatic heterocycles. The van der Waals surface area contributed by atoms with Crippen molar-refractivity contribution < 1.29 is 4.74 Å². The molecule has 0 bridgehead atoms. The van der Waals surface area contributed by atoms with Crippen LogP contribution in [0.4, 0.5) is 0 Å². The van der Waals surface area contributed by atoms with Gasteiger partial charge in [-0.2, -0.15) is 11.8 Å². The van der Waals surface area contributed by atoms with Crippen molar-refractivity contribution in [2.24, 2.45) is 16.8 Å². The third-order valence-corrected chi connectivity index (χ3v) is 6.15. The largest absolute Gasteiger partial charge is 0.381 e. The molecular formula is C17H34IN3OS. The average molecular weight is 455 g/mol. The minimum Gasteiger partial charge on any atom is -0.381 e. The van der Waals surface area contributed by atoms with Gasteiger partial charge in [0.2, 0.25) is 0 Å². The van der Waals surface area contributed by atoms with Crippen LogP contribution in [-0.2, 0) is 4.74 Å². The van der Waals surface area contributed by atoms with Crippen LogP contribution in [0.2, 0.25) is 0 Å². The number of thioether (sulfide) groups is 1. The summed E-state index contributed by atoms with van der Waals surface area (Å²) in [4.78, 5) is 7.37. The van der Waals surface area contributed by atoms with Crippen molar-refractivity contribution in [1.82, 2.24) is 10.2 Å². The second kappa shape index (κ2) is 11.8. The molecule has 0 aliphatic carbocycles. The van der Waals surface area contributed by atoms with Gasteiger partial charge in [-0.05, 0) is 38.0 Å². The Morgan fingerprint density at radius 3 is 2.74 bits per heavy atom. The first-order valence-electron chi connectivity index (χ1n) is 8.93. The van der Waals surface area contributed by atoms with Gasteiger partial charge in [0.15, 0.2) is 5.96 Å². The molecule has 0 radical (unpaired) electrons. The van der Waals surface area contributed by atoms with Gasteiger partial charge in [0.05, 0.1) is 0 Å². The van der Waals surface area contributed by atoms with Crippen molar-refractivity contribution in [3.8, 4) is 0 Å². The Hall–Kier alpha value is 0.310. The summed E-state index contributed by atoms with van der Waals surface area (Å²) in [7, 11) is 0. The maximum atomic E-state index is 5.44. The molecule has 23 heavy (non-hydrogen) atoms. The van der Waals surface area contributed by atoms with E-state index in [2.05, 4.69) is 42.7 Å². The van der Waals surface area contributed by atoms with E-state index in [1.807, 2.05) is 0 Å². The number of guanidine groups is 1. The van der Waals surface area contributed by atoms with Crippen molar-refractivity contribution >= 4 is 41.7 Å². The van der Waals surface area contributed by atoms with E-state index in [4.69, 9.17) is 9.73 Å². The highest BCUT2D eigenvalue weighted by Gasteiger charge is 2.24. The molecule has 2 heterocycles. The lowest BCUT2D eigenvalue weighted by Crippen LogP contribution is -2.49. The summed E-state index contributed by atoms with van der Waals surface area (Å²) in [5.41, 5.74) is 0. The van der Waals surface area contributed by atoms with Crippen LogP contribution in [0.15, 0.2) is 4.99 Å². The average Bonchev–Trinajstić information content (AvgIpc) is 2.55. The van der Waals surface area contributed by atoms with Gasteiger partial charge in [0, 0.05) is 50.4 Å². The summed E-state index contributed by atoms with van der Waals surface area (Å²) in [6, 6.07) is 0. The third kappa shape index (κ3) is 7.38. The lowest BCUT2D eigenvalue weighted by Gasteiger charge is -2.36. The molecule has 2 saturated heterocycles. The molecule has 2 fully saturated rings. The Kier molecular flexibility index (Phi) is 10.9. The smallest absolute Gasteiger partial charge is 0.193 e. The fourth-order valence-electron chi connectivity index (χ4n) is 3.09. The van der Waals surface area contributed by atoms with Gasteiger partial charge in [-0.15, -0.1) is 24.0 Å². The normalized spacial score (nSPS) is 23.7. The van der Waals surface area contributed by atoms with Crippen LogP contribution in [0.5, 0.6) is 0 Å². The predicted molar refractivity (Wildman–Crippen MR) is 112 cm³/mol. The Balaban J connectivity index is 0.00000264. The molecule has 2 aliphatic heterocycles. The lowest BCUT2D eigenvalue weighted by atomic mass is 9.97. The molecule has 0 amide bonds. The van der Waals surface area contributed by atoms with E-state index < -0.39 is 0 Å². The Labute approximate surface area is 163 Å². The van der Waals surface area contributed by atoms with Gasteiger partial charge in [-0.25, -0.2) is 0 Å². The fourth-order valence-corrected chi connectivity index (χ4v) is 4.38. The number of halogens is 1. The second-order valence-electron chi connectivity index (χ2n) is 6.68. The molecule has 1 unspecified atom stereocenters. The van der Waals surface area contributed by atoms with Crippen molar-refractivity contribution in [2.45, 2.75) is 45.3 Å². The topological polar surface area (TPSA) is 36.9 Å². The zero-order valence-corrected chi connectivity index (χ0v) is 18.1. The summed E-state index contributed by atoms with van der Waals surface area (Å²) >= 11 is 2.12. The first kappa shape index (κ1) is 21.4. The van der Waals surface area contributed by atoms with Gasteiger partial charge >= 0.3 is 0 Å². The Morgan fingerprint density at radius 2 is 2.09 bits per heavy atom. The number of nitrogens with zero attached hydrogens (tertiary/aromatic N) is 2. The summed E-state index contributed by atoms with van der Waals surface area (Å²) in [5, 5.41) is 4.22. The highest BCUT2D eigenvalue weighted by molar-refractivity contribution is 14.0. The van der Waals surface area contributed by atoms with Crippen LogP contribution in [0.3, 0.4) is 0 Å². The quantitative estimate of drug-likeness (QED) is 0.392. The molecule has 1 N–H and O–H groups in total. The Morgan fingerprint density at radius 1 is 1.35 bits per heavy atom. The molecule has 0 aromatic carbocycles. The summed E-state index contributed by atoms with van der Waals surface area (Å²) < 4.78 is 5.44. The van der Waals surface area contributed by atoms with Crippen LogP contribution in [-0.4, -0.2) is 61.3 Å². The van der Waals surface area contributed by atoms with Crippen LogP contribution in [0.1, 0.15) is 40.0 Å². The van der Waals surface area contributed by atoms with Gasteiger partial charge in [0.25, 0.3) is 0 Å². The zero-order chi connectivity index (χ0) is 15.8. The maximum Gasteiger partial charge on any atom is 0.193 e. The fraction of sp³-hybridized carbons (Fsp3) is 0.941. The van der Waals surface area contributed by atoms with Gasteiger partial charge < -0.3 is 15.0 Å². The van der Waals surface area contributed by atoms with E-state index in [9.17, 15) is 0 Å². The molecule has 0 saturated carbocycles. The van der Waals surface area contributed by atoms with Crippen LogP contribution in [0, 0.1) is 11.8 Å². The van der Waals surface area contributed by atoms with Crippen molar-refractivity contribution in [3.63, 3.8) is 0 Å². The molecule has 6 heteroatoms. The van der Waals surface area contributed by atoms with E-state index in [0.29, 0.717) is 0 Å². The number of hydrogen-bond donors (Lipinski definition) is 1. The van der Waals surface area contributed by atoms with Crippen LogP contribution >= 0.6 is 35.7 Å². The summed E-state index contributed by atoms with van der Waals surface area (Å²) in [6.07, 6.45) is 3.62. The van der Waals surface area contributed by atoms with E-state index in [0.717, 1.165) is 62.4 Å².